The lowest BCUT2D eigenvalue weighted by atomic mass is 9.89. The molecule has 1 heterocycles. The van der Waals surface area contributed by atoms with E-state index >= 15 is 0 Å². The summed E-state index contributed by atoms with van der Waals surface area (Å²) in [5, 5.41) is 0.749. The summed E-state index contributed by atoms with van der Waals surface area (Å²) < 4.78 is 0. The number of halogens is 1. The lowest BCUT2D eigenvalue weighted by molar-refractivity contribution is 0.495. The van der Waals surface area contributed by atoms with Crippen LogP contribution in [0.15, 0.2) is 36.4 Å². The van der Waals surface area contributed by atoms with E-state index in [0.29, 0.717) is 0 Å². The Morgan fingerprint density at radius 1 is 1.11 bits per heavy atom. The molecule has 0 aliphatic rings. The normalized spacial score (nSPS) is 14.4. The highest BCUT2D eigenvalue weighted by atomic mass is 35.5. The van der Waals surface area contributed by atoms with E-state index in [0.717, 1.165) is 23.4 Å². The molecule has 2 aromatic rings. The molecule has 2 rings (SSSR count). The monoisotopic (exact) mass is 279 g/mol. The van der Waals surface area contributed by atoms with Crippen molar-refractivity contribution in [1.82, 2.24) is 0 Å². The Labute approximate surface area is 118 Å². The molecule has 0 saturated carbocycles. The molecular formula is C15H18ClNS. The summed E-state index contributed by atoms with van der Waals surface area (Å²) in [6.07, 6.45) is 1.95. The fraction of sp³-hybridized carbons (Fsp3) is 0.333. The van der Waals surface area contributed by atoms with Crippen LogP contribution >= 0.6 is 22.9 Å². The smallest absolute Gasteiger partial charge is 0.0429 e. The van der Waals surface area contributed by atoms with Gasteiger partial charge in [-0.15, -0.1) is 11.3 Å². The molecule has 0 aliphatic carbocycles. The van der Waals surface area contributed by atoms with Crippen LogP contribution in [0.3, 0.4) is 0 Å². The van der Waals surface area contributed by atoms with Gasteiger partial charge in [-0.3, -0.25) is 0 Å². The first-order chi connectivity index (χ1) is 8.51. The van der Waals surface area contributed by atoms with Crippen LogP contribution in [-0.2, 0) is 18.4 Å². The Bertz CT molecular complexity index is 514. The van der Waals surface area contributed by atoms with Gasteiger partial charge in [0.25, 0.3) is 0 Å². The number of hydrogen-bond donors (Lipinski definition) is 1. The van der Waals surface area contributed by atoms with Crippen LogP contribution in [-0.4, -0.2) is 0 Å². The van der Waals surface area contributed by atoms with Crippen LogP contribution in [0.4, 0.5) is 0 Å². The lowest BCUT2D eigenvalue weighted by Crippen LogP contribution is -2.35. The zero-order chi connectivity index (χ0) is 13.2. The molecule has 1 atom stereocenters. The van der Waals surface area contributed by atoms with Crippen molar-refractivity contribution < 1.29 is 0 Å². The minimum Gasteiger partial charge on any atom is -0.321 e. The molecule has 1 aromatic carbocycles. The van der Waals surface area contributed by atoms with Crippen molar-refractivity contribution in [2.75, 3.05) is 0 Å². The summed E-state index contributed by atoms with van der Waals surface area (Å²) in [6, 6.07) is 12.2. The third kappa shape index (κ3) is 3.14. The van der Waals surface area contributed by atoms with Gasteiger partial charge in [-0.1, -0.05) is 30.7 Å². The number of rotatable bonds is 4. The van der Waals surface area contributed by atoms with E-state index in [1.54, 1.807) is 0 Å². The number of benzene rings is 1. The molecule has 1 nitrogen and oxygen atoms in total. The van der Waals surface area contributed by atoms with Gasteiger partial charge in [0, 0.05) is 26.7 Å². The largest absolute Gasteiger partial charge is 0.321 e. The molecule has 1 aromatic heterocycles. The van der Waals surface area contributed by atoms with E-state index in [4.69, 9.17) is 17.3 Å². The molecule has 96 valence electrons. The topological polar surface area (TPSA) is 26.0 Å². The van der Waals surface area contributed by atoms with Gasteiger partial charge in [-0.05, 0) is 43.2 Å². The predicted octanol–water partition coefficient (Wildman–Crippen LogP) is 4.38. The average molecular weight is 280 g/mol. The van der Waals surface area contributed by atoms with E-state index in [1.165, 1.54) is 9.75 Å². The molecule has 1 unspecified atom stereocenters. The lowest BCUT2D eigenvalue weighted by Gasteiger charge is -2.24. The van der Waals surface area contributed by atoms with Crippen LogP contribution < -0.4 is 5.73 Å². The highest BCUT2D eigenvalue weighted by molar-refractivity contribution is 7.12. The molecule has 0 saturated heterocycles. The van der Waals surface area contributed by atoms with Crippen LogP contribution in [0, 0.1) is 0 Å². The first kappa shape index (κ1) is 13.6. The van der Waals surface area contributed by atoms with Crippen LogP contribution in [0.2, 0.25) is 5.02 Å². The molecule has 0 aliphatic heterocycles. The Morgan fingerprint density at radius 2 is 1.72 bits per heavy atom. The minimum absolute atomic E-state index is 0.347. The summed E-state index contributed by atoms with van der Waals surface area (Å²) in [4.78, 5) is 2.75. The van der Waals surface area contributed by atoms with Gasteiger partial charge in [0.05, 0.1) is 0 Å². The van der Waals surface area contributed by atoms with Crippen molar-refractivity contribution in [2.45, 2.75) is 32.2 Å². The SMILES string of the molecule is CCc1ccc(CC(C)(N)c2ccc(Cl)cc2)s1. The maximum Gasteiger partial charge on any atom is 0.0429 e. The van der Waals surface area contributed by atoms with E-state index in [9.17, 15) is 0 Å². The average Bonchev–Trinajstić information content (AvgIpc) is 2.76. The van der Waals surface area contributed by atoms with Crippen LogP contribution in [0.5, 0.6) is 0 Å². The minimum atomic E-state index is -0.347. The van der Waals surface area contributed by atoms with Crippen molar-refractivity contribution in [3.05, 3.63) is 56.7 Å². The highest BCUT2D eigenvalue weighted by Gasteiger charge is 2.22. The van der Waals surface area contributed by atoms with Crippen LogP contribution in [0.25, 0.3) is 0 Å². The second kappa shape index (κ2) is 5.43. The zero-order valence-electron chi connectivity index (χ0n) is 10.7. The second-order valence-corrected chi connectivity index (χ2v) is 6.51. The number of hydrogen-bond acceptors (Lipinski definition) is 2. The first-order valence-corrected chi connectivity index (χ1v) is 7.33. The summed E-state index contributed by atoms with van der Waals surface area (Å²) in [6.45, 7) is 4.25. The van der Waals surface area contributed by atoms with Gasteiger partial charge in [0.15, 0.2) is 0 Å². The summed E-state index contributed by atoms with van der Waals surface area (Å²) in [7, 11) is 0. The van der Waals surface area contributed by atoms with Gasteiger partial charge < -0.3 is 5.73 Å². The Hall–Kier alpha value is -0.830. The summed E-state index contributed by atoms with van der Waals surface area (Å²) >= 11 is 7.76. The third-order valence-electron chi connectivity index (χ3n) is 3.11. The second-order valence-electron chi connectivity index (χ2n) is 4.82. The summed E-state index contributed by atoms with van der Waals surface area (Å²) in [5.41, 5.74) is 7.21. The van der Waals surface area contributed by atoms with Crippen molar-refractivity contribution in [3.8, 4) is 0 Å². The Kier molecular flexibility index (Phi) is 4.10. The molecule has 0 amide bonds. The van der Waals surface area contributed by atoms with Gasteiger partial charge in [-0.25, -0.2) is 0 Å². The van der Waals surface area contributed by atoms with E-state index in [-0.39, 0.29) is 5.54 Å². The molecule has 0 bridgehead atoms. The molecule has 3 heteroatoms. The van der Waals surface area contributed by atoms with Gasteiger partial charge in [0.2, 0.25) is 0 Å². The fourth-order valence-electron chi connectivity index (χ4n) is 2.00. The maximum atomic E-state index is 6.43. The standard InChI is InChI=1S/C15H18ClNS/c1-3-13-8-9-14(18-13)10-15(2,17)11-4-6-12(16)7-5-11/h4-9H,3,10,17H2,1-2H3. The molecule has 0 fully saturated rings. The molecule has 2 N–H and O–H groups in total. The quantitative estimate of drug-likeness (QED) is 0.883. The fourth-order valence-corrected chi connectivity index (χ4v) is 3.25. The summed E-state index contributed by atoms with van der Waals surface area (Å²) in [5.74, 6) is 0. The van der Waals surface area contributed by atoms with Crippen molar-refractivity contribution in [3.63, 3.8) is 0 Å². The van der Waals surface area contributed by atoms with E-state index < -0.39 is 0 Å². The van der Waals surface area contributed by atoms with E-state index in [1.807, 2.05) is 35.6 Å². The van der Waals surface area contributed by atoms with Crippen molar-refractivity contribution in [1.29, 1.82) is 0 Å². The molecular weight excluding hydrogens is 262 g/mol. The molecule has 0 radical (unpaired) electrons. The van der Waals surface area contributed by atoms with Gasteiger partial charge >= 0.3 is 0 Å². The number of aryl methyl sites for hydroxylation is 1. The van der Waals surface area contributed by atoms with Crippen LogP contribution in [0.1, 0.15) is 29.2 Å². The predicted molar refractivity (Wildman–Crippen MR) is 80.4 cm³/mol. The highest BCUT2D eigenvalue weighted by Crippen LogP contribution is 2.27. The maximum absolute atomic E-state index is 6.43. The molecule has 18 heavy (non-hydrogen) atoms. The third-order valence-corrected chi connectivity index (χ3v) is 4.59. The molecule has 0 spiro atoms. The zero-order valence-corrected chi connectivity index (χ0v) is 12.3. The van der Waals surface area contributed by atoms with E-state index in [2.05, 4.69) is 26.0 Å². The van der Waals surface area contributed by atoms with Crippen molar-refractivity contribution in [2.24, 2.45) is 5.73 Å². The van der Waals surface area contributed by atoms with Gasteiger partial charge in [0.1, 0.15) is 0 Å². The first-order valence-electron chi connectivity index (χ1n) is 6.14. The number of nitrogens with two attached hydrogens (primary N) is 1. The Balaban J connectivity index is 2.18. The van der Waals surface area contributed by atoms with Gasteiger partial charge in [-0.2, -0.15) is 0 Å². The number of thiophene rings is 1. The Morgan fingerprint density at radius 3 is 2.28 bits per heavy atom. The van der Waals surface area contributed by atoms with Crippen molar-refractivity contribution >= 4 is 22.9 Å².